The third kappa shape index (κ3) is 2.60. The van der Waals surface area contributed by atoms with E-state index in [1.807, 2.05) is 18.2 Å². The molecule has 0 radical (unpaired) electrons. The number of nitrogens with zero attached hydrogens (tertiary/aromatic N) is 1. The minimum Gasteiger partial charge on any atom is -0.387 e. The van der Waals surface area contributed by atoms with Gasteiger partial charge < -0.3 is 5.73 Å². The minimum atomic E-state index is 0.559. The lowest BCUT2D eigenvalue weighted by molar-refractivity contribution is 1.43. The highest BCUT2D eigenvalue weighted by Gasteiger charge is 1.96. The van der Waals surface area contributed by atoms with E-state index in [1.54, 1.807) is 6.92 Å². The summed E-state index contributed by atoms with van der Waals surface area (Å²) in [5.74, 6) is 0.559. The molecule has 0 bridgehead atoms. The van der Waals surface area contributed by atoms with Crippen LogP contribution in [0.4, 0.5) is 5.69 Å². The molecule has 64 valence electrons. The molecular weight excluding hydrogens is 284 g/mol. The molecule has 2 N–H and O–H groups in total. The number of benzene rings is 1. The highest BCUT2D eigenvalue weighted by Crippen LogP contribution is 2.27. The topological polar surface area (TPSA) is 38.4 Å². The molecule has 0 aromatic heterocycles. The van der Waals surface area contributed by atoms with Crippen LogP contribution >= 0.6 is 31.9 Å². The summed E-state index contributed by atoms with van der Waals surface area (Å²) in [7, 11) is 0. The number of nitrogens with two attached hydrogens (primary N) is 1. The Morgan fingerprint density at radius 2 is 2.00 bits per heavy atom. The standard InChI is InChI=1S/C8H8Br2N2/c1-5(11)12-6-2-3-7(9)8(10)4-6/h2-4H,1H3,(H2,11,12). The molecule has 0 saturated heterocycles. The van der Waals surface area contributed by atoms with Crippen molar-refractivity contribution in [1.82, 2.24) is 0 Å². The smallest absolute Gasteiger partial charge is 0.0964 e. The van der Waals surface area contributed by atoms with Gasteiger partial charge in [0.15, 0.2) is 0 Å². The Morgan fingerprint density at radius 1 is 1.33 bits per heavy atom. The van der Waals surface area contributed by atoms with E-state index in [2.05, 4.69) is 36.9 Å². The van der Waals surface area contributed by atoms with Crippen LogP contribution < -0.4 is 5.73 Å². The van der Waals surface area contributed by atoms with Crippen molar-refractivity contribution in [2.24, 2.45) is 10.7 Å². The van der Waals surface area contributed by atoms with Gasteiger partial charge in [-0.15, -0.1) is 0 Å². The monoisotopic (exact) mass is 290 g/mol. The summed E-state index contributed by atoms with van der Waals surface area (Å²) in [6.07, 6.45) is 0. The summed E-state index contributed by atoms with van der Waals surface area (Å²) in [5, 5.41) is 0. The van der Waals surface area contributed by atoms with Gasteiger partial charge in [-0.3, -0.25) is 0 Å². The Bertz CT molecular complexity index is 317. The number of hydrogen-bond acceptors (Lipinski definition) is 1. The maximum atomic E-state index is 5.44. The summed E-state index contributed by atoms with van der Waals surface area (Å²) in [6.45, 7) is 1.76. The summed E-state index contributed by atoms with van der Waals surface area (Å²) >= 11 is 6.75. The fraction of sp³-hybridized carbons (Fsp3) is 0.125. The van der Waals surface area contributed by atoms with Gasteiger partial charge in [-0.2, -0.15) is 0 Å². The van der Waals surface area contributed by atoms with Crippen molar-refractivity contribution in [2.75, 3.05) is 0 Å². The quantitative estimate of drug-likeness (QED) is 0.626. The van der Waals surface area contributed by atoms with Crippen molar-refractivity contribution in [2.45, 2.75) is 6.92 Å². The summed E-state index contributed by atoms with van der Waals surface area (Å²) in [4.78, 5) is 4.11. The second-order valence-electron chi connectivity index (χ2n) is 2.35. The van der Waals surface area contributed by atoms with E-state index in [0.717, 1.165) is 14.6 Å². The number of hydrogen-bond donors (Lipinski definition) is 1. The lowest BCUT2D eigenvalue weighted by Gasteiger charge is -1.98. The molecule has 0 aliphatic rings. The zero-order valence-electron chi connectivity index (χ0n) is 6.51. The zero-order valence-corrected chi connectivity index (χ0v) is 9.68. The second-order valence-corrected chi connectivity index (χ2v) is 4.06. The number of amidine groups is 1. The first-order chi connectivity index (χ1) is 5.59. The Morgan fingerprint density at radius 3 is 2.50 bits per heavy atom. The van der Waals surface area contributed by atoms with Crippen LogP contribution in [0.5, 0.6) is 0 Å². The SMILES string of the molecule is CC(N)=Nc1ccc(Br)c(Br)c1. The van der Waals surface area contributed by atoms with Crippen LogP contribution in [-0.2, 0) is 0 Å². The molecule has 1 rings (SSSR count). The van der Waals surface area contributed by atoms with E-state index in [0.29, 0.717) is 5.84 Å². The van der Waals surface area contributed by atoms with E-state index in [9.17, 15) is 0 Å². The van der Waals surface area contributed by atoms with E-state index in [-0.39, 0.29) is 0 Å². The molecular formula is C8H8Br2N2. The third-order valence-electron chi connectivity index (χ3n) is 1.21. The Labute approximate surface area is 88.1 Å². The highest BCUT2D eigenvalue weighted by molar-refractivity contribution is 9.13. The van der Waals surface area contributed by atoms with Gasteiger partial charge in [-0.1, -0.05) is 0 Å². The molecule has 4 heteroatoms. The predicted molar refractivity (Wildman–Crippen MR) is 58.8 cm³/mol. The number of rotatable bonds is 1. The molecule has 0 fully saturated rings. The van der Waals surface area contributed by atoms with Crippen molar-refractivity contribution in [3.05, 3.63) is 27.1 Å². The van der Waals surface area contributed by atoms with Crippen LogP contribution in [0.2, 0.25) is 0 Å². The second kappa shape index (κ2) is 4.05. The molecule has 12 heavy (non-hydrogen) atoms. The third-order valence-corrected chi connectivity index (χ3v) is 3.09. The van der Waals surface area contributed by atoms with Crippen molar-refractivity contribution in [3.8, 4) is 0 Å². The van der Waals surface area contributed by atoms with Crippen LogP contribution in [0.1, 0.15) is 6.92 Å². The van der Waals surface area contributed by atoms with Gasteiger partial charge in [0.1, 0.15) is 0 Å². The molecule has 0 unspecified atom stereocenters. The maximum absolute atomic E-state index is 5.44. The lowest BCUT2D eigenvalue weighted by atomic mass is 10.3. The molecule has 0 amide bonds. The molecule has 1 aromatic carbocycles. The maximum Gasteiger partial charge on any atom is 0.0964 e. The van der Waals surface area contributed by atoms with Crippen LogP contribution in [-0.4, -0.2) is 5.84 Å². The number of aliphatic imine (C=N–C) groups is 1. The van der Waals surface area contributed by atoms with Crippen LogP contribution in [0.25, 0.3) is 0 Å². The molecule has 0 heterocycles. The Kier molecular flexibility index (Phi) is 3.29. The van der Waals surface area contributed by atoms with Gasteiger partial charge in [0.25, 0.3) is 0 Å². The van der Waals surface area contributed by atoms with Crippen molar-refractivity contribution >= 4 is 43.4 Å². The molecule has 0 aliphatic heterocycles. The van der Waals surface area contributed by atoms with E-state index in [1.165, 1.54) is 0 Å². The summed E-state index contributed by atoms with van der Waals surface area (Å²) in [5.41, 5.74) is 6.29. The normalized spacial score (nSPS) is 11.8. The average Bonchev–Trinajstić information content (AvgIpc) is 1.96. The summed E-state index contributed by atoms with van der Waals surface area (Å²) < 4.78 is 1.99. The molecule has 0 atom stereocenters. The molecule has 0 saturated carbocycles. The van der Waals surface area contributed by atoms with Crippen molar-refractivity contribution in [3.63, 3.8) is 0 Å². The molecule has 2 nitrogen and oxygen atoms in total. The predicted octanol–water partition coefficient (Wildman–Crippen LogP) is 3.22. The zero-order chi connectivity index (χ0) is 9.14. The number of halogens is 2. The van der Waals surface area contributed by atoms with Crippen molar-refractivity contribution < 1.29 is 0 Å². The van der Waals surface area contributed by atoms with Gasteiger partial charge in [0.2, 0.25) is 0 Å². The van der Waals surface area contributed by atoms with E-state index >= 15 is 0 Å². The first-order valence-corrected chi connectivity index (χ1v) is 4.94. The van der Waals surface area contributed by atoms with Gasteiger partial charge in [-0.05, 0) is 57.0 Å². The highest BCUT2D eigenvalue weighted by atomic mass is 79.9. The van der Waals surface area contributed by atoms with Gasteiger partial charge in [0, 0.05) is 8.95 Å². The van der Waals surface area contributed by atoms with E-state index < -0.39 is 0 Å². The Balaban J connectivity index is 3.05. The first kappa shape index (κ1) is 9.74. The molecule has 1 aromatic rings. The fourth-order valence-corrected chi connectivity index (χ4v) is 1.37. The van der Waals surface area contributed by atoms with Crippen LogP contribution in [0.15, 0.2) is 32.1 Å². The van der Waals surface area contributed by atoms with Crippen LogP contribution in [0, 0.1) is 0 Å². The van der Waals surface area contributed by atoms with Crippen LogP contribution in [0.3, 0.4) is 0 Å². The summed E-state index contributed by atoms with van der Waals surface area (Å²) in [6, 6.07) is 5.72. The average molecular weight is 292 g/mol. The largest absolute Gasteiger partial charge is 0.387 e. The molecule has 0 aliphatic carbocycles. The van der Waals surface area contributed by atoms with Gasteiger partial charge in [-0.25, -0.2) is 4.99 Å². The van der Waals surface area contributed by atoms with E-state index in [4.69, 9.17) is 5.73 Å². The molecule has 0 spiro atoms. The minimum absolute atomic E-state index is 0.559. The lowest BCUT2D eigenvalue weighted by Crippen LogP contribution is -2.03. The fourth-order valence-electron chi connectivity index (χ4n) is 0.758. The Hall–Kier alpha value is -0.350. The van der Waals surface area contributed by atoms with Gasteiger partial charge in [0.05, 0.1) is 11.5 Å². The van der Waals surface area contributed by atoms with Gasteiger partial charge >= 0.3 is 0 Å². The van der Waals surface area contributed by atoms with Crippen molar-refractivity contribution in [1.29, 1.82) is 0 Å². The first-order valence-electron chi connectivity index (χ1n) is 3.35.